The number of halogens is 2. The van der Waals surface area contributed by atoms with E-state index in [1.54, 1.807) is 18.2 Å². The van der Waals surface area contributed by atoms with Gasteiger partial charge in [-0.2, -0.15) is 0 Å². The van der Waals surface area contributed by atoms with Gasteiger partial charge in [0.2, 0.25) is 5.91 Å². The number of nitrogens with zero attached hydrogens (tertiary/aromatic N) is 1. The SMILES string of the molecule is C[C@H](C(=O)Nc1cc(Cl)ccc1Cl)N(C)Cc1ccccc1. The van der Waals surface area contributed by atoms with Crippen LogP contribution in [0.3, 0.4) is 0 Å². The second-order valence-electron chi connectivity index (χ2n) is 5.19. The van der Waals surface area contributed by atoms with Gasteiger partial charge in [0.15, 0.2) is 0 Å². The molecule has 1 atom stereocenters. The van der Waals surface area contributed by atoms with Gasteiger partial charge in [0.05, 0.1) is 16.8 Å². The smallest absolute Gasteiger partial charge is 0.241 e. The van der Waals surface area contributed by atoms with Crippen LogP contribution < -0.4 is 5.32 Å². The first-order valence-corrected chi connectivity index (χ1v) is 7.73. The summed E-state index contributed by atoms with van der Waals surface area (Å²) in [6, 6.07) is 14.7. The van der Waals surface area contributed by atoms with Crippen LogP contribution in [0.4, 0.5) is 5.69 Å². The van der Waals surface area contributed by atoms with E-state index in [0.717, 1.165) is 5.56 Å². The minimum atomic E-state index is -0.296. The minimum Gasteiger partial charge on any atom is -0.323 e. The zero-order chi connectivity index (χ0) is 16.1. The molecule has 0 saturated heterocycles. The summed E-state index contributed by atoms with van der Waals surface area (Å²) in [5.41, 5.74) is 1.68. The van der Waals surface area contributed by atoms with Crippen LogP contribution in [0.5, 0.6) is 0 Å². The molecule has 0 aliphatic carbocycles. The fraction of sp³-hybridized carbons (Fsp3) is 0.235. The van der Waals surface area contributed by atoms with E-state index in [0.29, 0.717) is 22.3 Å². The predicted molar refractivity (Wildman–Crippen MR) is 92.5 cm³/mol. The Bertz CT molecular complexity index is 646. The highest BCUT2D eigenvalue weighted by Crippen LogP contribution is 2.25. The number of carbonyl (C=O) groups is 1. The quantitative estimate of drug-likeness (QED) is 0.874. The van der Waals surface area contributed by atoms with Crippen molar-refractivity contribution in [1.29, 1.82) is 0 Å². The summed E-state index contributed by atoms with van der Waals surface area (Å²) >= 11 is 12.0. The molecule has 0 aliphatic heterocycles. The molecule has 3 nitrogen and oxygen atoms in total. The first kappa shape index (κ1) is 16.8. The average molecular weight is 337 g/mol. The van der Waals surface area contributed by atoms with Crippen molar-refractivity contribution in [3.8, 4) is 0 Å². The van der Waals surface area contributed by atoms with Crippen molar-refractivity contribution in [3.05, 3.63) is 64.1 Å². The fourth-order valence-electron chi connectivity index (χ4n) is 2.04. The number of rotatable bonds is 5. The lowest BCUT2D eigenvalue weighted by Gasteiger charge is -2.24. The van der Waals surface area contributed by atoms with Crippen molar-refractivity contribution in [2.24, 2.45) is 0 Å². The van der Waals surface area contributed by atoms with Gasteiger partial charge >= 0.3 is 0 Å². The van der Waals surface area contributed by atoms with Crippen molar-refractivity contribution >= 4 is 34.8 Å². The van der Waals surface area contributed by atoms with Gasteiger partial charge in [0.1, 0.15) is 0 Å². The molecular weight excluding hydrogens is 319 g/mol. The molecule has 1 N–H and O–H groups in total. The van der Waals surface area contributed by atoms with E-state index in [9.17, 15) is 4.79 Å². The molecule has 2 aromatic carbocycles. The maximum Gasteiger partial charge on any atom is 0.241 e. The lowest BCUT2D eigenvalue weighted by Crippen LogP contribution is -2.39. The third-order valence-electron chi connectivity index (χ3n) is 3.50. The van der Waals surface area contributed by atoms with Crippen molar-refractivity contribution in [3.63, 3.8) is 0 Å². The van der Waals surface area contributed by atoms with Crippen LogP contribution in [0, 0.1) is 0 Å². The van der Waals surface area contributed by atoms with Gasteiger partial charge in [-0.05, 0) is 37.7 Å². The average Bonchev–Trinajstić information content (AvgIpc) is 2.51. The van der Waals surface area contributed by atoms with E-state index in [2.05, 4.69) is 5.32 Å². The summed E-state index contributed by atoms with van der Waals surface area (Å²) in [5, 5.41) is 3.82. The maximum atomic E-state index is 12.4. The highest BCUT2D eigenvalue weighted by atomic mass is 35.5. The molecule has 0 fully saturated rings. The Balaban J connectivity index is 2.01. The van der Waals surface area contributed by atoms with Gasteiger partial charge in [0, 0.05) is 11.6 Å². The van der Waals surface area contributed by atoms with Gasteiger partial charge in [0.25, 0.3) is 0 Å². The zero-order valence-corrected chi connectivity index (χ0v) is 14.0. The first-order valence-electron chi connectivity index (χ1n) is 6.97. The molecule has 2 rings (SSSR count). The fourth-order valence-corrected chi connectivity index (χ4v) is 2.38. The van der Waals surface area contributed by atoms with Crippen LogP contribution in [0.2, 0.25) is 10.0 Å². The number of anilines is 1. The second kappa shape index (κ2) is 7.63. The van der Waals surface area contributed by atoms with E-state index < -0.39 is 0 Å². The Labute approximate surface area is 140 Å². The summed E-state index contributed by atoms with van der Waals surface area (Å²) < 4.78 is 0. The number of benzene rings is 2. The summed E-state index contributed by atoms with van der Waals surface area (Å²) in [7, 11) is 1.91. The summed E-state index contributed by atoms with van der Waals surface area (Å²) in [6.45, 7) is 2.55. The number of hydrogen-bond acceptors (Lipinski definition) is 2. The molecule has 116 valence electrons. The molecule has 2 aromatic rings. The van der Waals surface area contributed by atoms with E-state index in [-0.39, 0.29) is 11.9 Å². The third kappa shape index (κ3) is 4.47. The molecule has 0 spiro atoms. The van der Waals surface area contributed by atoms with Crippen LogP contribution >= 0.6 is 23.2 Å². The Morgan fingerprint density at radius 2 is 1.86 bits per heavy atom. The predicted octanol–water partition coefficient (Wildman–Crippen LogP) is 4.45. The van der Waals surface area contributed by atoms with Crippen LogP contribution in [0.15, 0.2) is 48.5 Å². The minimum absolute atomic E-state index is 0.123. The van der Waals surface area contributed by atoms with E-state index >= 15 is 0 Å². The maximum absolute atomic E-state index is 12.4. The van der Waals surface area contributed by atoms with Crippen molar-refractivity contribution < 1.29 is 4.79 Å². The Kier molecular flexibility index (Phi) is 5.83. The number of nitrogens with one attached hydrogen (secondary N) is 1. The summed E-state index contributed by atoms with van der Waals surface area (Å²) in [4.78, 5) is 14.3. The second-order valence-corrected chi connectivity index (χ2v) is 6.03. The Morgan fingerprint density at radius 1 is 1.18 bits per heavy atom. The van der Waals surface area contributed by atoms with Gasteiger partial charge in [-0.15, -0.1) is 0 Å². The number of carbonyl (C=O) groups excluding carboxylic acids is 1. The number of hydrogen-bond donors (Lipinski definition) is 1. The van der Waals surface area contributed by atoms with Crippen LogP contribution in [0.1, 0.15) is 12.5 Å². The normalized spacial score (nSPS) is 12.2. The monoisotopic (exact) mass is 336 g/mol. The molecule has 1 amide bonds. The largest absolute Gasteiger partial charge is 0.323 e. The van der Waals surface area contributed by atoms with Crippen molar-refractivity contribution in [2.75, 3.05) is 12.4 Å². The summed E-state index contributed by atoms with van der Waals surface area (Å²) in [6.07, 6.45) is 0. The van der Waals surface area contributed by atoms with Gasteiger partial charge in [-0.3, -0.25) is 9.69 Å². The molecule has 0 radical (unpaired) electrons. The molecule has 0 heterocycles. The highest BCUT2D eigenvalue weighted by molar-refractivity contribution is 6.35. The van der Waals surface area contributed by atoms with Gasteiger partial charge in [-0.25, -0.2) is 0 Å². The zero-order valence-electron chi connectivity index (χ0n) is 12.5. The molecule has 22 heavy (non-hydrogen) atoms. The standard InChI is InChI=1S/C17H18Cl2N2O/c1-12(21(2)11-13-6-4-3-5-7-13)17(22)20-16-10-14(18)8-9-15(16)19/h3-10,12H,11H2,1-2H3,(H,20,22)/t12-/m1/s1. The van der Waals surface area contributed by atoms with Crippen LogP contribution in [-0.4, -0.2) is 23.9 Å². The van der Waals surface area contributed by atoms with Gasteiger partial charge < -0.3 is 5.32 Å². The van der Waals surface area contributed by atoms with Crippen LogP contribution in [0.25, 0.3) is 0 Å². The van der Waals surface area contributed by atoms with E-state index in [1.165, 1.54) is 0 Å². The molecule has 0 aliphatic rings. The highest BCUT2D eigenvalue weighted by Gasteiger charge is 2.19. The third-order valence-corrected chi connectivity index (χ3v) is 4.07. The molecule has 0 saturated carbocycles. The lowest BCUT2D eigenvalue weighted by atomic mass is 10.2. The first-order chi connectivity index (χ1) is 10.5. The Morgan fingerprint density at radius 3 is 2.55 bits per heavy atom. The topological polar surface area (TPSA) is 32.3 Å². The molecule has 0 bridgehead atoms. The van der Waals surface area contributed by atoms with E-state index in [4.69, 9.17) is 23.2 Å². The summed E-state index contributed by atoms with van der Waals surface area (Å²) in [5.74, 6) is -0.123. The molecular formula is C17H18Cl2N2O. The Hall–Kier alpha value is -1.55. The van der Waals surface area contributed by atoms with Crippen molar-refractivity contribution in [2.45, 2.75) is 19.5 Å². The van der Waals surface area contributed by atoms with Crippen molar-refractivity contribution in [1.82, 2.24) is 4.90 Å². The number of likely N-dealkylation sites (N-methyl/N-ethyl adjacent to an activating group) is 1. The molecule has 0 unspecified atom stereocenters. The lowest BCUT2D eigenvalue weighted by molar-refractivity contribution is -0.120. The number of amides is 1. The van der Waals surface area contributed by atoms with Crippen LogP contribution in [-0.2, 0) is 11.3 Å². The van der Waals surface area contributed by atoms with Gasteiger partial charge in [-0.1, -0.05) is 53.5 Å². The van der Waals surface area contributed by atoms with E-state index in [1.807, 2.05) is 49.2 Å². The molecule has 5 heteroatoms. The molecule has 0 aromatic heterocycles.